The molecule has 23 heavy (non-hydrogen) atoms. The summed E-state index contributed by atoms with van der Waals surface area (Å²) in [4.78, 5) is 29.2. The van der Waals surface area contributed by atoms with E-state index in [1.54, 1.807) is 17.0 Å². The van der Waals surface area contributed by atoms with Crippen molar-refractivity contribution in [3.8, 4) is 0 Å². The number of para-hydroxylation sites is 1. The number of carbonyl (C=O) groups is 1. The van der Waals surface area contributed by atoms with Crippen molar-refractivity contribution in [2.45, 2.75) is 25.9 Å². The number of amides is 1. The van der Waals surface area contributed by atoms with Gasteiger partial charge in [-0.1, -0.05) is 18.2 Å². The number of rotatable bonds is 2. The summed E-state index contributed by atoms with van der Waals surface area (Å²) in [6, 6.07) is 9.43. The van der Waals surface area contributed by atoms with Crippen LogP contribution < -0.4 is 5.56 Å². The summed E-state index contributed by atoms with van der Waals surface area (Å²) < 4.78 is 5.43. The van der Waals surface area contributed by atoms with Crippen molar-refractivity contribution >= 4 is 22.9 Å². The third-order valence-corrected chi connectivity index (χ3v) is 4.11. The molecule has 0 spiro atoms. The monoisotopic (exact) mass is 312 g/mol. The number of H-pyrrole nitrogens is 1. The van der Waals surface area contributed by atoms with E-state index in [1.165, 1.54) is 6.08 Å². The molecule has 1 amide bonds. The van der Waals surface area contributed by atoms with E-state index in [2.05, 4.69) is 4.98 Å². The minimum atomic E-state index is -0.198. The van der Waals surface area contributed by atoms with Crippen LogP contribution in [0.5, 0.6) is 0 Å². The fraction of sp³-hybridized carbons (Fsp3) is 0.333. The standard InChI is InChI=1S/C18H20N2O3/c1-12-10-23-11-13(2)20(12)17(21)8-7-15-9-14-5-3-4-6-16(14)19-18(15)22/h3-9,12-13H,10-11H2,1-2H3,(H,19,22)/b8-7+. The first-order chi connectivity index (χ1) is 11.1. The molecule has 1 aliphatic heterocycles. The van der Waals surface area contributed by atoms with Crippen LogP contribution in [0.25, 0.3) is 17.0 Å². The molecular weight excluding hydrogens is 292 g/mol. The minimum Gasteiger partial charge on any atom is -0.377 e. The number of pyridine rings is 1. The van der Waals surface area contributed by atoms with Gasteiger partial charge in [-0.25, -0.2) is 0 Å². The average Bonchev–Trinajstić information content (AvgIpc) is 2.52. The van der Waals surface area contributed by atoms with Gasteiger partial charge in [-0.05, 0) is 37.4 Å². The Morgan fingerprint density at radius 3 is 2.70 bits per heavy atom. The quantitative estimate of drug-likeness (QED) is 0.865. The van der Waals surface area contributed by atoms with Crippen LogP contribution in [-0.4, -0.2) is 41.1 Å². The Balaban J connectivity index is 1.86. The summed E-state index contributed by atoms with van der Waals surface area (Å²) in [7, 11) is 0. The van der Waals surface area contributed by atoms with Crippen LogP contribution in [0.4, 0.5) is 0 Å². The first-order valence-electron chi connectivity index (χ1n) is 7.76. The highest BCUT2D eigenvalue weighted by atomic mass is 16.5. The molecule has 5 heteroatoms. The van der Waals surface area contributed by atoms with Crippen molar-refractivity contribution in [2.75, 3.05) is 13.2 Å². The molecule has 0 saturated carbocycles. The molecule has 120 valence electrons. The molecule has 3 rings (SSSR count). The van der Waals surface area contributed by atoms with E-state index >= 15 is 0 Å². The van der Waals surface area contributed by atoms with Gasteiger partial charge in [0.1, 0.15) is 0 Å². The number of morpholine rings is 1. The van der Waals surface area contributed by atoms with Crippen LogP contribution in [-0.2, 0) is 9.53 Å². The fourth-order valence-corrected chi connectivity index (χ4v) is 2.97. The SMILES string of the molecule is CC1COCC(C)N1C(=O)/C=C/c1cc2ccccc2[nH]c1=O. The number of benzene rings is 1. The van der Waals surface area contributed by atoms with Crippen molar-refractivity contribution in [2.24, 2.45) is 0 Å². The van der Waals surface area contributed by atoms with Crippen molar-refractivity contribution in [1.82, 2.24) is 9.88 Å². The molecule has 1 saturated heterocycles. The number of nitrogens with one attached hydrogen (secondary N) is 1. The highest BCUT2D eigenvalue weighted by Crippen LogP contribution is 2.15. The van der Waals surface area contributed by atoms with Gasteiger partial charge in [0.25, 0.3) is 5.56 Å². The Hall–Kier alpha value is -2.40. The normalized spacial score (nSPS) is 21.9. The zero-order chi connectivity index (χ0) is 16.4. The zero-order valence-electron chi connectivity index (χ0n) is 13.3. The molecule has 5 nitrogen and oxygen atoms in total. The Morgan fingerprint density at radius 2 is 1.96 bits per heavy atom. The molecule has 2 atom stereocenters. The van der Waals surface area contributed by atoms with Crippen molar-refractivity contribution in [3.05, 3.63) is 52.3 Å². The molecule has 2 aromatic rings. The number of nitrogens with zero attached hydrogens (tertiary/aromatic N) is 1. The van der Waals surface area contributed by atoms with Crippen molar-refractivity contribution in [3.63, 3.8) is 0 Å². The third kappa shape index (κ3) is 3.19. The van der Waals surface area contributed by atoms with E-state index < -0.39 is 0 Å². The first kappa shape index (κ1) is 15.5. The number of hydrogen-bond acceptors (Lipinski definition) is 3. The van der Waals surface area contributed by atoms with Gasteiger partial charge >= 0.3 is 0 Å². The molecule has 1 aliphatic rings. The smallest absolute Gasteiger partial charge is 0.255 e. The van der Waals surface area contributed by atoms with Gasteiger partial charge in [0.15, 0.2) is 0 Å². The number of carbonyl (C=O) groups excluding carboxylic acids is 1. The molecule has 0 aliphatic carbocycles. The molecule has 1 aromatic heterocycles. The third-order valence-electron chi connectivity index (χ3n) is 4.11. The molecule has 2 heterocycles. The number of ether oxygens (including phenoxy) is 1. The molecule has 0 bridgehead atoms. The van der Waals surface area contributed by atoms with Crippen molar-refractivity contribution < 1.29 is 9.53 Å². The molecule has 1 fully saturated rings. The van der Waals surface area contributed by atoms with E-state index in [1.807, 2.05) is 38.1 Å². The summed E-state index contributed by atoms with van der Waals surface area (Å²) >= 11 is 0. The molecule has 0 radical (unpaired) electrons. The summed E-state index contributed by atoms with van der Waals surface area (Å²) in [5.74, 6) is -0.0964. The largest absolute Gasteiger partial charge is 0.377 e. The highest BCUT2D eigenvalue weighted by molar-refractivity contribution is 5.93. The number of aromatic amines is 1. The van der Waals surface area contributed by atoms with E-state index in [4.69, 9.17) is 4.74 Å². The second-order valence-corrected chi connectivity index (χ2v) is 5.96. The number of fused-ring (bicyclic) bond motifs is 1. The lowest BCUT2D eigenvalue weighted by Gasteiger charge is -2.38. The maximum absolute atomic E-state index is 12.4. The van der Waals surface area contributed by atoms with Gasteiger partial charge in [-0.15, -0.1) is 0 Å². The average molecular weight is 312 g/mol. The highest BCUT2D eigenvalue weighted by Gasteiger charge is 2.28. The van der Waals surface area contributed by atoms with Crippen LogP contribution in [0.15, 0.2) is 41.2 Å². The summed E-state index contributed by atoms with van der Waals surface area (Å²) in [5, 5.41) is 0.937. The van der Waals surface area contributed by atoms with Gasteiger partial charge in [0.05, 0.1) is 25.3 Å². The fourth-order valence-electron chi connectivity index (χ4n) is 2.97. The lowest BCUT2D eigenvalue weighted by molar-refractivity contribution is -0.138. The second-order valence-electron chi connectivity index (χ2n) is 5.96. The molecular formula is C18H20N2O3. The van der Waals surface area contributed by atoms with Crippen LogP contribution in [0.3, 0.4) is 0 Å². The lowest BCUT2D eigenvalue weighted by atomic mass is 10.1. The minimum absolute atomic E-state index is 0.0331. The van der Waals surface area contributed by atoms with Crippen LogP contribution >= 0.6 is 0 Å². The Bertz CT molecular complexity index is 799. The topological polar surface area (TPSA) is 62.4 Å². The predicted molar refractivity (Wildman–Crippen MR) is 90.2 cm³/mol. The summed E-state index contributed by atoms with van der Waals surface area (Å²) in [5.41, 5.74) is 1.07. The van der Waals surface area contributed by atoms with Crippen molar-refractivity contribution in [1.29, 1.82) is 0 Å². The number of hydrogen-bond donors (Lipinski definition) is 1. The first-order valence-corrected chi connectivity index (χ1v) is 7.76. The zero-order valence-corrected chi connectivity index (χ0v) is 13.3. The summed E-state index contributed by atoms with van der Waals surface area (Å²) in [6.45, 7) is 5.01. The molecule has 1 aromatic carbocycles. The second kappa shape index (κ2) is 6.38. The predicted octanol–water partition coefficient (Wildman–Crippen LogP) is 2.18. The van der Waals surface area contributed by atoms with Crippen LogP contribution in [0.1, 0.15) is 19.4 Å². The molecule has 2 unspecified atom stereocenters. The van der Waals surface area contributed by atoms with Crippen LogP contribution in [0, 0.1) is 0 Å². The van der Waals surface area contributed by atoms with E-state index in [0.29, 0.717) is 18.8 Å². The number of aromatic nitrogens is 1. The van der Waals surface area contributed by atoms with Gasteiger partial charge in [0.2, 0.25) is 5.91 Å². The Kier molecular flexibility index (Phi) is 4.30. The maximum atomic E-state index is 12.4. The van der Waals surface area contributed by atoms with E-state index in [-0.39, 0.29) is 23.6 Å². The summed E-state index contributed by atoms with van der Waals surface area (Å²) in [6.07, 6.45) is 3.06. The Labute approximate surface area is 134 Å². The van der Waals surface area contributed by atoms with E-state index in [9.17, 15) is 9.59 Å². The van der Waals surface area contributed by atoms with Gasteiger partial charge in [-0.2, -0.15) is 0 Å². The lowest BCUT2D eigenvalue weighted by Crippen LogP contribution is -2.51. The molecule has 1 N–H and O–H groups in total. The van der Waals surface area contributed by atoms with Crippen LogP contribution in [0.2, 0.25) is 0 Å². The van der Waals surface area contributed by atoms with Gasteiger partial charge < -0.3 is 14.6 Å². The van der Waals surface area contributed by atoms with Gasteiger partial charge in [-0.3, -0.25) is 9.59 Å². The maximum Gasteiger partial charge on any atom is 0.255 e. The van der Waals surface area contributed by atoms with Gasteiger partial charge in [0, 0.05) is 17.2 Å². The Morgan fingerprint density at radius 1 is 1.26 bits per heavy atom. The van der Waals surface area contributed by atoms with E-state index in [0.717, 1.165) is 10.9 Å².